The molecule has 0 radical (unpaired) electrons. The number of nitrogens with two attached hydrogens (primary N) is 1. The van der Waals surface area contributed by atoms with Crippen molar-refractivity contribution in [2.45, 2.75) is 19.6 Å². The van der Waals surface area contributed by atoms with E-state index in [0.717, 1.165) is 17.1 Å². The number of halogens is 1. The highest BCUT2D eigenvalue weighted by molar-refractivity contribution is 6.30. The van der Waals surface area contributed by atoms with Crippen LogP contribution in [-0.4, -0.2) is 14.8 Å². The smallest absolute Gasteiger partial charge is 0.170 e. The molecule has 6 heteroatoms. The van der Waals surface area contributed by atoms with E-state index in [4.69, 9.17) is 22.1 Å². The highest BCUT2D eigenvalue weighted by atomic mass is 35.5. The van der Waals surface area contributed by atoms with Gasteiger partial charge in [-0.3, -0.25) is 0 Å². The van der Waals surface area contributed by atoms with Crippen LogP contribution in [0.3, 0.4) is 0 Å². The third-order valence-electron chi connectivity index (χ3n) is 2.62. The quantitative estimate of drug-likeness (QED) is 0.920. The van der Waals surface area contributed by atoms with Gasteiger partial charge in [-0.25, -0.2) is 0 Å². The van der Waals surface area contributed by atoms with E-state index >= 15 is 0 Å². The Balaban J connectivity index is 2.16. The largest absolute Gasteiger partial charge is 0.485 e. The molecule has 0 saturated heterocycles. The van der Waals surface area contributed by atoms with Crippen LogP contribution in [-0.2, 0) is 13.7 Å². The second-order valence-electron chi connectivity index (χ2n) is 4.12. The predicted molar refractivity (Wildman–Crippen MR) is 69.4 cm³/mol. The van der Waals surface area contributed by atoms with Crippen LogP contribution < -0.4 is 10.5 Å². The van der Waals surface area contributed by atoms with Crippen molar-refractivity contribution in [1.82, 2.24) is 14.8 Å². The molecular weight excluding hydrogens is 252 g/mol. The zero-order chi connectivity index (χ0) is 13.1. The molecule has 1 aromatic carbocycles. The molecular formula is C12H15ClN4O. The Morgan fingerprint density at radius 1 is 1.50 bits per heavy atom. The summed E-state index contributed by atoms with van der Waals surface area (Å²) in [6.45, 7) is 2.23. The highest BCUT2D eigenvalue weighted by Crippen LogP contribution is 2.27. The van der Waals surface area contributed by atoms with Crippen molar-refractivity contribution in [3.63, 3.8) is 0 Å². The normalized spacial score (nSPS) is 12.4. The van der Waals surface area contributed by atoms with Crippen LogP contribution in [0.2, 0.25) is 5.02 Å². The lowest BCUT2D eigenvalue weighted by Crippen LogP contribution is -2.09. The molecule has 5 nitrogen and oxygen atoms in total. The molecule has 0 aliphatic carbocycles. The van der Waals surface area contributed by atoms with E-state index in [2.05, 4.69) is 10.2 Å². The number of ether oxygens (including phenoxy) is 1. The Bertz CT molecular complexity index is 539. The molecule has 0 fully saturated rings. The third-order valence-corrected chi connectivity index (χ3v) is 2.86. The first-order chi connectivity index (χ1) is 8.58. The van der Waals surface area contributed by atoms with Gasteiger partial charge in [-0.15, -0.1) is 10.2 Å². The van der Waals surface area contributed by atoms with Gasteiger partial charge in [0.2, 0.25) is 0 Å². The van der Waals surface area contributed by atoms with Gasteiger partial charge >= 0.3 is 0 Å². The first-order valence-corrected chi connectivity index (χ1v) is 5.96. The summed E-state index contributed by atoms with van der Waals surface area (Å²) < 4.78 is 7.52. The van der Waals surface area contributed by atoms with Gasteiger partial charge < -0.3 is 15.0 Å². The van der Waals surface area contributed by atoms with Gasteiger partial charge in [0, 0.05) is 23.7 Å². The van der Waals surface area contributed by atoms with Crippen LogP contribution in [0.5, 0.6) is 5.75 Å². The van der Waals surface area contributed by atoms with Crippen LogP contribution in [0.25, 0.3) is 0 Å². The zero-order valence-corrected chi connectivity index (χ0v) is 11.1. The number of hydrogen-bond acceptors (Lipinski definition) is 4. The lowest BCUT2D eigenvalue weighted by atomic mass is 10.1. The van der Waals surface area contributed by atoms with Gasteiger partial charge in [0.05, 0.1) is 0 Å². The number of hydrogen-bond donors (Lipinski definition) is 1. The molecule has 18 heavy (non-hydrogen) atoms. The van der Waals surface area contributed by atoms with Crippen LogP contribution in [0.4, 0.5) is 0 Å². The minimum atomic E-state index is -0.141. The Kier molecular flexibility index (Phi) is 3.84. The fourth-order valence-corrected chi connectivity index (χ4v) is 1.77. The molecule has 0 saturated carbocycles. The number of aromatic nitrogens is 3. The van der Waals surface area contributed by atoms with Crippen molar-refractivity contribution in [3.8, 4) is 5.75 Å². The standard InChI is InChI=1S/C12H15ClN4O/c1-8(14)10-5-9(13)3-4-11(10)18-6-12-16-15-7-17(12)2/h3-5,7-8H,6,14H2,1-2H3/t8-/m1/s1. The number of nitrogens with zero attached hydrogens (tertiary/aromatic N) is 3. The van der Waals surface area contributed by atoms with Gasteiger partial charge in [-0.2, -0.15) is 0 Å². The van der Waals surface area contributed by atoms with E-state index in [-0.39, 0.29) is 6.04 Å². The van der Waals surface area contributed by atoms with E-state index < -0.39 is 0 Å². The van der Waals surface area contributed by atoms with Gasteiger partial charge in [-0.1, -0.05) is 11.6 Å². The average molecular weight is 267 g/mol. The van der Waals surface area contributed by atoms with E-state index in [1.54, 1.807) is 12.4 Å². The van der Waals surface area contributed by atoms with E-state index in [1.165, 1.54) is 0 Å². The molecule has 0 amide bonds. The van der Waals surface area contributed by atoms with Gasteiger partial charge in [-0.05, 0) is 25.1 Å². The Hall–Kier alpha value is -1.59. The molecule has 0 bridgehead atoms. The molecule has 2 N–H and O–H groups in total. The van der Waals surface area contributed by atoms with E-state index in [9.17, 15) is 0 Å². The summed E-state index contributed by atoms with van der Waals surface area (Å²) in [6, 6.07) is 5.27. The molecule has 1 atom stereocenters. The van der Waals surface area contributed by atoms with Gasteiger partial charge in [0.25, 0.3) is 0 Å². The fourth-order valence-electron chi connectivity index (χ4n) is 1.59. The van der Waals surface area contributed by atoms with Crippen LogP contribution >= 0.6 is 11.6 Å². The summed E-state index contributed by atoms with van der Waals surface area (Å²) in [5, 5.41) is 8.39. The molecule has 0 aliphatic rings. The van der Waals surface area contributed by atoms with Crippen LogP contribution in [0.1, 0.15) is 24.4 Å². The second-order valence-corrected chi connectivity index (χ2v) is 4.55. The summed E-state index contributed by atoms with van der Waals surface area (Å²) in [5.41, 5.74) is 6.77. The maximum atomic E-state index is 5.95. The molecule has 2 rings (SSSR count). The Morgan fingerprint density at radius 3 is 2.89 bits per heavy atom. The number of rotatable bonds is 4. The second kappa shape index (κ2) is 5.37. The first kappa shape index (κ1) is 12.9. The molecule has 0 unspecified atom stereocenters. The summed E-state index contributed by atoms with van der Waals surface area (Å²) in [5.74, 6) is 1.47. The van der Waals surface area contributed by atoms with Crippen LogP contribution in [0, 0.1) is 0 Å². The average Bonchev–Trinajstić information content (AvgIpc) is 2.73. The third kappa shape index (κ3) is 2.80. The van der Waals surface area contributed by atoms with Crippen molar-refractivity contribution < 1.29 is 4.74 Å². The lowest BCUT2D eigenvalue weighted by Gasteiger charge is -2.14. The molecule has 96 valence electrons. The minimum absolute atomic E-state index is 0.141. The van der Waals surface area contributed by atoms with Crippen molar-refractivity contribution in [2.75, 3.05) is 0 Å². The fraction of sp³-hybridized carbons (Fsp3) is 0.333. The predicted octanol–water partition coefficient (Wildman–Crippen LogP) is 2.07. The van der Waals surface area contributed by atoms with Crippen LogP contribution in [0.15, 0.2) is 24.5 Å². The SMILES string of the molecule is C[C@@H](N)c1cc(Cl)ccc1OCc1nncn1C. The molecule has 1 heterocycles. The van der Waals surface area contributed by atoms with Gasteiger partial charge in [0.1, 0.15) is 18.7 Å². The molecule has 1 aromatic heterocycles. The summed E-state index contributed by atoms with van der Waals surface area (Å²) >= 11 is 5.95. The number of aryl methyl sites for hydroxylation is 1. The monoisotopic (exact) mass is 266 g/mol. The Morgan fingerprint density at radius 2 is 2.28 bits per heavy atom. The van der Waals surface area contributed by atoms with Gasteiger partial charge in [0.15, 0.2) is 5.82 Å². The van der Waals surface area contributed by atoms with Crippen molar-refractivity contribution in [3.05, 3.63) is 40.9 Å². The summed E-state index contributed by atoms with van der Waals surface area (Å²) in [4.78, 5) is 0. The maximum absolute atomic E-state index is 5.95. The maximum Gasteiger partial charge on any atom is 0.170 e. The minimum Gasteiger partial charge on any atom is -0.485 e. The Labute approximate surface area is 111 Å². The highest BCUT2D eigenvalue weighted by Gasteiger charge is 2.10. The zero-order valence-electron chi connectivity index (χ0n) is 10.3. The lowest BCUT2D eigenvalue weighted by molar-refractivity contribution is 0.287. The first-order valence-electron chi connectivity index (χ1n) is 5.58. The number of benzene rings is 1. The topological polar surface area (TPSA) is 66.0 Å². The van der Waals surface area contributed by atoms with E-state index in [0.29, 0.717) is 11.6 Å². The summed E-state index contributed by atoms with van der Waals surface area (Å²) in [7, 11) is 1.87. The molecule has 0 aliphatic heterocycles. The molecule has 2 aromatic rings. The van der Waals surface area contributed by atoms with E-state index in [1.807, 2.05) is 30.7 Å². The summed E-state index contributed by atoms with van der Waals surface area (Å²) in [6.07, 6.45) is 1.63. The molecule has 0 spiro atoms. The van der Waals surface area contributed by atoms with Crippen molar-refractivity contribution in [1.29, 1.82) is 0 Å². The van der Waals surface area contributed by atoms with Crippen molar-refractivity contribution in [2.24, 2.45) is 12.8 Å². The van der Waals surface area contributed by atoms with Crippen molar-refractivity contribution >= 4 is 11.6 Å².